The average Bonchev–Trinajstić information content (AvgIpc) is 2.92. The van der Waals surface area contributed by atoms with E-state index in [9.17, 15) is 14.4 Å². The van der Waals surface area contributed by atoms with Crippen molar-refractivity contribution in [3.05, 3.63) is 34.9 Å². The van der Waals surface area contributed by atoms with E-state index in [-0.39, 0.29) is 34.2 Å². The van der Waals surface area contributed by atoms with E-state index in [1.165, 1.54) is 6.92 Å². The largest absolute Gasteiger partial charge is 0.451 e. The Morgan fingerprint density at radius 1 is 1.11 bits per heavy atom. The van der Waals surface area contributed by atoms with Crippen LogP contribution < -0.4 is 0 Å². The van der Waals surface area contributed by atoms with E-state index in [2.05, 4.69) is 19.9 Å². The molecule has 2 saturated carbocycles. The fraction of sp³-hybridized carbons (Fsp3) is 0.609. The number of hydrogen-bond acceptors (Lipinski definition) is 4. The number of halogens is 1. The Bertz CT molecular complexity index is 868. The van der Waals surface area contributed by atoms with Crippen LogP contribution in [0, 0.1) is 28.6 Å². The Balaban J connectivity index is 1.78. The van der Waals surface area contributed by atoms with Gasteiger partial charge in [-0.05, 0) is 62.0 Å². The van der Waals surface area contributed by atoms with Crippen LogP contribution in [-0.4, -0.2) is 23.1 Å². The maximum atomic E-state index is 12.7. The Morgan fingerprint density at radius 2 is 1.79 bits per heavy atom. The van der Waals surface area contributed by atoms with Gasteiger partial charge in [-0.3, -0.25) is 14.4 Å². The van der Waals surface area contributed by atoms with Gasteiger partial charge in [0.1, 0.15) is 0 Å². The maximum Gasteiger partial charge on any atom is 0.303 e. The van der Waals surface area contributed by atoms with Crippen LogP contribution in [0.1, 0.15) is 53.4 Å². The first kappa shape index (κ1) is 19.6. The zero-order valence-corrected chi connectivity index (χ0v) is 17.6. The molecule has 4 rings (SSSR count). The monoisotopic (exact) mass is 402 g/mol. The molecule has 150 valence electrons. The fourth-order valence-electron chi connectivity index (χ4n) is 6.79. The number of carbonyl (C=O) groups excluding carboxylic acids is 3. The van der Waals surface area contributed by atoms with Crippen molar-refractivity contribution < 1.29 is 19.1 Å². The van der Waals surface area contributed by atoms with Crippen LogP contribution in [0.25, 0.3) is 0 Å². The fourth-order valence-corrected chi connectivity index (χ4v) is 7.12. The molecular weight excluding hydrogens is 376 g/mol. The number of carbonyl (C=O) groups is 3. The van der Waals surface area contributed by atoms with Gasteiger partial charge in [0, 0.05) is 17.8 Å². The quantitative estimate of drug-likeness (QED) is 0.637. The molecule has 0 amide bonds. The summed E-state index contributed by atoms with van der Waals surface area (Å²) in [5.74, 6) is 0.230. The van der Waals surface area contributed by atoms with E-state index in [1.807, 2.05) is 12.2 Å². The van der Waals surface area contributed by atoms with Gasteiger partial charge in [0.15, 0.2) is 17.2 Å². The van der Waals surface area contributed by atoms with Crippen molar-refractivity contribution in [1.29, 1.82) is 0 Å². The van der Waals surface area contributed by atoms with Crippen LogP contribution in [0.3, 0.4) is 0 Å². The first-order valence-corrected chi connectivity index (χ1v) is 10.5. The third-order valence-corrected chi connectivity index (χ3v) is 8.60. The molecule has 5 heteroatoms. The van der Waals surface area contributed by atoms with Crippen LogP contribution in [0.15, 0.2) is 34.9 Å². The lowest BCUT2D eigenvalue weighted by Gasteiger charge is -2.56. The topological polar surface area (TPSA) is 60.4 Å². The molecule has 2 fully saturated rings. The molecule has 6 atom stereocenters. The van der Waals surface area contributed by atoms with Gasteiger partial charge >= 0.3 is 5.97 Å². The molecule has 0 spiro atoms. The predicted octanol–water partition coefficient (Wildman–Crippen LogP) is 4.53. The maximum absolute atomic E-state index is 12.7. The summed E-state index contributed by atoms with van der Waals surface area (Å²) < 4.78 is 5.77. The van der Waals surface area contributed by atoms with Gasteiger partial charge < -0.3 is 4.74 Å². The van der Waals surface area contributed by atoms with Crippen molar-refractivity contribution in [1.82, 2.24) is 0 Å². The molecule has 0 saturated heterocycles. The zero-order valence-electron chi connectivity index (χ0n) is 16.9. The third-order valence-electron chi connectivity index (χ3n) is 8.21. The van der Waals surface area contributed by atoms with Crippen LogP contribution in [-0.2, 0) is 19.1 Å². The van der Waals surface area contributed by atoms with Gasteiger partial charge in [-0.15, -0.1) is 0 Å². The minimum atomic E-state index is -1.03. The van der Waals surface area contributed by atoms with E-state index in [4.69, 9.17) is 16.3 Å². The number of hydrogen-bond donors (Lipinski definition) is 0. The van der Waals surface area contributed by atoms with Gasteiger partial charge in [0.25, 0.3) is 0 Å². The Labute approximate surface area is 171 Å². The molecule has 0 bridgehead atoms. The lowest BCUT2D eigenvalue weighted by atomic mass is 9.49. The molecule has 4 aliphatic rings. The summed E-state index contributed by atoms with van der Waals surface area (Å²) in [5, 5.41) is 0.317. The first-order chi connectivity index (χ1) is 13.1. The van der Waals surface area contributed by atoms with Gasteiger partial charge in [-0.1, -0.05) is 43.7 Å². The standard InChI is InChI=1S/C23H27ClO4/c1-13(25)23(28-14(2)26)12-8-17-15-5-6-18-20(24)19(27)9-10-21(18,3)16(15)7-11-22(17,23)4/h5-6,9-10,15-17H,7-8,11-12H2,1-4H3/t15-,16+,17+,21-,22+,23+/m1/s1. The summed E-state index contributed by atoms with van der Waals surface area (Å²) >= 11 is 6.37. The van der Waals surface area contributed by atoms with E-state index < -0.39 is 11.6 Å². The number of Topliss-reactive ketones (excluding diaryl/α,β-unsaturated/α-hetero) is 1. The highest BCUT2D eigenvalue weighted by molar-refractivity contribution is 6.45. The van der Waals surface area contributed by atoms with E-state index in [0.29, 0.717) is 17.4 Å². The Hall–Kier alpha value is -1.68. The summed E-state index contributed by atoms with van der Waals surface area (Å²) in [6, 6.07) is 0. The second-order valence-corrected chi connectivity index (χ2v) is 9.71. The lowest BCUT2D eigenvalue weighted by molar-refractivity contribution is -0.184. The summed E-state index contributed by atoms with van der Waals surface area (Å²) in [6.07, 6.45) is 10.9. The average molecular weight is 403 g/mol. The predicted molar refractivity (Wildman–Crippen MR) is 106 cm³/mol. The van der Waals surface area contributed by atoms with Crippen LogP contribution in [0.4, 0.5) is 0 Å². The lowest BCUT2D eigenvalue weighted by Crippen LogP contribution is -2.57. The number of fused-ring (bicyclic) bond motifs is 5. The molecule has 0 aromatic rings. The van der Waals surface area contributed by atoms with Crippen LogP contribution in [0.5, 0.6) is 0 Å². The molecule has 0 aliphatic heterocycles. The second-order valence-electron chi connectivity index (χ2n) is 9.33. The molecule has 0 aromatic carbocycles. The van der Waals surface area contributed by atoms with Crippen LogP contribution >= 0.6 is 11.6 Å². The molecule has 0 N–H and O–H groups in total. The Morgan fingerprint density at radius 3 is 2.43 bits per heavy atom. The van der Waals surface area contributed by atoms with Gasteiger partial charge in [-0.25, -0.2) is 0 Å². The van der Waals surface area contributed by atoms with Crippen LogP contribution in [0.2, 0.25) is 0 Å². The summed E-state index contributed by atoms with van der Waals surface area (Å²) in [4.78, 5) is 36.6. The smallest absolute Gasteiger partial charge is 0.303 e. The highest BCUT2D eigenvalue weighted by Gasteiger charge is 2.67. The molecule has 28 heavy (non-hydrogen) atoms. The molecular formula is C23H27ClO4. The zero-order chi connectivity index (χ0) is 20.5. The second kappa shape index (κ2) is 6.16. The first-order valence-electron chi connectivity index (χ1n) is 10.1. The minimum absolute atomic E-state index is 0.0519. The molecule has 4 nitrogen and oxygen atoms in total. The van der Waals surface area contributed by atoms with E-state index in [0.717, 1.165) is 24.8 Å². The number of ketones is 2. The Kier molecular flexibility index (Phi) is 4.32. The normalized spacial score (nSPS) is 44.0. The number of allylic oxidation sites excluding steroid dienone is 6. The molecule has 0 unspecified atom stereocenters. The number of esters is 1. The molecule has 0 aromatic heterocycles. The number of ether oxygens (including phenoxy) is 1. The van der Waals surface area contributed by atoms with Crippen molar-refractivity contribution in [3.63, 3.8) is 0 Å². The summed E-state index contributed by atoms with van der Waals surface area (Å²) in [5.41, 5.74) is -0.794. The van der Waals surface area contributed by atoms with Crippen molar-refractivity contribution in [2.24, 2.45) is 28.6 Å². The molecule has 0 radical (unpaired) electrons. The van der Waals surface area contributed by atoms with E-state index >= 15 is 0 Å². The highest BCUT2D eigenvalue weighted by atomic mass is 35.5. The molecule has 0 heterocycles. The van der Waals surface area contributed by atoms with Gasteiger partial charge in [0.2, 0.25) is 0 Å². The van der Waals surface area contributed by atoms with Gasteiger partial charge in [0.05, 0.1) is 5.03 Å². The molecule has 4 aliphatic carbocycles. The van der Waals surface area contributed by atoms with Crippen molar-refractivity contribution >= 4 is 29.1 Å². The minimum Gasteiger partial charge on any atom is -0.451 e. The summed E-state index contributed by atoms with van der Waals surface area (Å²) in [6.45, 7) is 7.23. The van der Waals surface area contributed by atoms with Crippen molar-refractivity contribution in [2.45, 2.75) is 59.0 Å². The third kappa shape index (κ3) is 2.33. The highest BCUT2D eigenvalue weighted by Crippen LogP contribution is 2.67. The SMILES string of the molecule is CC(=O)O[C@]1(C(C)=O)CC[C@H]2[C@@H]3C=CC4=C(Cl)C(=O)C=C[C@]4(C)[C@H]3CC[C@@]21C. The summed E-state index contributed by atoms with van der Waals surface area (Å²) in [7, 11) is 0. The van der Waals surface area contributed by atoms with Gasteiger partial charge in [-0.2, -0.15) is 0 Å². The number of rotatable bonds is 2. The van der Waals surface area contributed by atoms with Crippen molar-refractivity contribution in [3.8, 4) is 0 Å². The van der Waals surface area contributed by atoms with E-state index in [1.54, 1.807) is 13.0 Å². The van der Waals surface area contributed by atoms with Crippen molar-refractivity contribution in [2.75, 3.05) is 0 Å².